The van der Waals surface area contributed by atoms with E-state index in [4.69, 9.17) is 20.6 Å². The predicted octanol–water partition coefficient (Wildman–Crippen LogP) is 1.64. The number of amidine groups is 1. The molecule has 6 nitrogen and oxygen atoms in total. The van der Waals surface area contributed by atoms with Crippen molar-refractivity contribution in [2.24, 2.45) is 5.73 Å². The van der Waals surface area contributed by atoms with Crippen molar-refractivity contribution in [2.75, 3.05) is 13.7 Å². The van der Waals surface area contributed by atoms with E-state index in [0.717, 1.165) is 13.0 Å². The quantitative estimate of drug-likeness (QED) is 0.456. The molecule has 0 amide bonds. The van der Waals surface area contributed by atoms with Gasteiger partial charge in [0.2, 0.25) is 0 Å². The molecule has 0 fully saturated rings. The van der Waals surface area contributed by atoms with Crippen molar-refractivity contribution in [1.29, 1.82) is 5.41 Å². The smallest absolute Gasteiger partial charge is 0.123 e. The van der Waals surface area contributed by atoms with E-state index in [-0.39, 0.29) is 5.84 Å². The van der Waals surface area contributed by atoms with Crippen LogP contribution in [0.3, 0.4) is 0 Å². The fraction of sp³-hybridized carbons (Fsp3) is 0.286. The number of nitrogens with one attached hydrogen (secondary N) is 1. The third-order valence-corrected chi connectivity index (χ3v) is 2.82. The topological polar surface area (TPSA) is 86.2 Å². The zero-order valence-corrected chi connectivity index (χ0v) is 11.4. The zero-order valence-electron chi connectivity index (χ0n) is 11.4. The van der Waals surface area contributed by atoms with Crippen LogP contribution >= 0.6 is 0 Å². The molecule has 0 spiro atoms. The van der Waals surface area contributed by atoms with Gasteiger partial charge in [-0.1, -0.05) is 0 Å². The third-order valence-electron chi connectivity index (χ3n) is 2.82. The van der Waals surface area contributed by atoms with E-state index in [1.807, 2.05) is 10.8 Å². The second kappa shape index (κ2) is 6.60. The van der Waals surface area contributed by atoms with Gasteiger partial charge >= 0.3 is 0 Å². The summed E-state index contributed by atoms with van der Waals surface area (Å²) < 4.78 is 12.8. The fourth-order valence-electron chi connectivity index (χ4n) is 1.78. The Bertz CT molecular complexity index is 567. The van der Waals surface area contributed by atoms with Crippen LogP contribution in [0.1, 0.15) is 12.0 Å². The van der Waals surface area contributed by atoms with Gasteiger partial charge in [-0.25, -0.2) is 4.98 Å². The van der Waals surface area contributed by atoms with Crippen LogP contribution in [0, 0.1) is 5.41 Å². The van der Waals surface area contributed by atoms with Gasteiger partial charge in [-0.05, 0) is 18.6 Å². The Morgan fingerprint density at radius 1 is 1.35 bits per heavy atom. The van der Waals surface area contributed by atoms with Crippen molar-refractivity contribution >= 4 is 5.84 Å². The Morgan fingerprint density at radius 2 is 2.15 bits per heavy atom. The number of benzene rings is 1. The van der Waals surface area contributed by atoms with Crippen LogP contribution in [0.5, 0.6) is 11.5 Å². The lowest BCUT2D eigenvalue weighted by atomic mass is 10.2. The number of nitrogens with zero attached hydrogens (tertiary/aromatic N) is 2. The Morgan fingerprint density at radius 3 is 2.80 bits per heavy atom. The fourth-order valence-corrected chi connectivity index (χ4v) is 1.78. The molecule has 0 saturated heterocycles. The van der Waals surface area contributed by atoms with E-state index in [1.165, 1.54) is 0 Å². The van der Waals surface area contributed by atoms with Gasteiger partial charge in [-0.15, -0.1) is 0 Å². The van der Waals surface area contributed by atoms with Gasteiger partial charge in [0.25, 0.3) is 0 Å². The molecule has 20 heavy (non-hydrogen) atoms. The highest BCUT2D eigenvalue weighted by atomic mass is 16.5. The number of ether oxygens (including phenoxy) is 2. The van der Waals surface area contributed by atoms with Gasteiger partial charge in [-0.3, -0.25) is 5.41 Å². The van der Waals surface area contributed by atoms with Crippen LogP contribution in [0.2, 0.25) is 0 Å². The van der Waals surface area contributed by atoms with E-state index in [9.17, 15) is 0 Å². The number of hydrogen-bond acceptors (Lipinski definition) is 4. The highest BCUT2D eigenvalue weighted by Gasteiger charge is 2.04. The molecule has 1 aromatic heterocycles. The van der Waals surface area contributed by atoms with Crippen molar-refractivity contribution in [3.05, 3.63) is 42.5 Å². The Balaban J connectivity index is 1.91. The lowest BCUT2D eigenvalue weighted by Gasteiger charge is -2.10. The molecular weight excluding hydrogens is 256 g/mol. The monoisotopic (exact) mass is 274 g/mol. The molecule has 0 aliphatic carbocycles. The first-order valence-electron chi connectivity index (χ1n) is 6.31. The van der Waals surface area contributed by atoms with E-state index >= 15 is 0 Å². The number of aromatic nitrogens is 2. The summed E-state index contributed by atoms with van der Waals surface area (Å²) in [4.78, 5) is 3.98. The van der Waals surface area contributed by atoms with Gasteiger partial charge in [0, 0.05) is 30.6 Å². The maximum atomic E-state index is 7.47. The molecule has 0 bridgehead atoms. The summed E-state index contributed by atoms with van der Waals surface area (Å²) in [7, 11) is 1.57. The summed E-state index contributed by atoms with van der Waals surface area (Å²) in [6.07, 6.45) is 6.31. The lowest BCUT2D eigenvalue weighted by molar-refractivity contribution is 0.299. The molecule has 0 radical (unpaired) electrons. The summed E-state index contributed by atoms with van der Waals surface area (Å²) in [6.45, 7) is 1.42. The summed E-state index contributed by atoms with van der Waals surface area (Å²) in [5, 5.41) is 7.47. The highest BCUT2D eigenvalue weighted by Crippen LogP contribution is 2.22. The molecule has 0 aliphatic rings. The second-order valence-corrected chi connectivity index (χ2v) is 4.31. The molecule has 106 valence electrons. The molecule has 1 aromatic carbocycles. The number of nitrogen functional groups attached to an aromatic ring is 1. The normalized spacial score (nSPS) is 10.2. The molecule has 2 rings (SSSR count). The van der Waals surface area contributed by atoms with E-state index in [1.54, 1.807) is 37.8 Å². The van der Waals surface area contributed by atoms with Crippen molar-refractivity contribution < 1.29 is 9.47 Å². The van der Waals surface area contributed by atoms with Gasteiger partial charge < -0.3 is 19.8 Å². The standard InChI is InChI=1S/C14H18N4O2/c1-19-12-7-11(14(15)16)8-13(9-12)20-6-2-4-18-5-3-17-10-18/h3,5,7-10H,2,4,6H2,1H3,(H3,15,16). The number of nitrogens with two attached hydrogens (primary N) is 1. The van der Waals surface area contributed by atoms with Crippen molar-refractivity contribution in [1.82, 2.24) is 9.55 Å². The minimum Gasteiger partial charge on any atom is -0.497 e. The van der Waals surface area contributed by atoms with Crippen molar-refractivity contribution in [3.63, 3.8) is 0 Å². The van der Waals surface area contributed by atoms with Crippen LogP contribution in [0.25, 0.3) is 0 Å². The highest BCUT2D eigenvalue weighted by molar-refractivity contribution is 5.95. The van der Waals surface area contributed by atoms with E-state index in [0.29, 0.717) is 23.7 Å². The average Bonchev–Trinajstić information content (AvgIpc) is 2.96. The Labute approximate surface area is 117 Å². The molecule has 0 saturated carbocycles. The van der Waals surface area contributed by atoms with Crippen LogP contribution in [-0.4, -0.2) is 29.1 Å². The SMILES string of the molecule is COc1cc(OCCCn2ccnc2)cc(C(=N)N)c1. The first kappa shape index (κ1) is 13.9. The number of rotatable bonds is 7. The van der Waals surface area contributed by atoms with Gasteiger partial charge in [0.15, 0.2) is 0 Å². The molecule has 1 heterocycles. The third kappa shape index (κ3) is 3.74. The Hall–Kier alpha value is -2.50. The summed E-state index contributed by atoms with van der Waals surface area (Å²) >= 11 is 0. The zero-order chi connectivity index (χ0) is 14.4. The second-order valence-electron chi connectivity index (χ2n) is 4.31. The first-order chi connectivity index (χ1) is 9.69. The maximum absolute atomic E-state index is 7.47. The molecule has 0 unspecified atom stereocenters. The number of hydrogen-bond donors (Lipinski definition) is 2. The van der Waals surface area contributed by atoms with Crippen LogP contribution in [-0.2, 0) is 6.54 Å². The number of methoxy groups -OCH3 is 1. The summed E-state index contributed by atoms with van der Waals surface area (Å²) in [6, 6.07) is 5.23. The number of imidazole rings is 1. The minimum atomic E-state index is -0.00725. The van der Waals surface area contributed by atoms with Crippen LogP contribution < -0.4 is 15.2 Å². The predicted molar refractivity (Wildman–Crippen MR) is 76.3 cm³/mol. The number of aryl methyl sites for hydroxylation is 1. The lowest BCUT2D eigenvalue weighted by Crippen LogP contribution is -2.11. The maximum Gasteiger partial charge on any atom is 0.123 e. The van der Waals surface area contributed by atoms with Gasteiger partial charge in [-0.2, -0.15) is 0 Å². The van der Waals surface area contributed by atoms with Gasteiger partial charge in [0.1, 0.15) is 17.3 Å². The summed E-state index contributed by atoms with van der Waals surface area (Å²) in [5.41, 5.74) is 6.08. The van der Waals surface area contributed by atoms with E-state index in [2.05, 4.69) is 4.98 Å². The first-order valence-corrected chi connectivity index (χ1v) is 6.31. The molecule has 2 aromatic rings. The van der Waals surface area contributed by atoms with Crippen LogP contribution in [0.4, 0.5) is 0 Å². The van der Waals surface area contributed by atoms with Crippen LogP contribution in [0.15, 0.2) is 36.9 Å². The molecular formula is C14H18N4O2. The van der Waals surface area contributed by atoms with Gasteiger partial charge in [0.05, 0.1) is 20.0 Å². The summed E-state index contributed by atoms with van der Waals surface area (Å²) in [5.74, 6) is 1.27. The molecule has 0 atom stereocenters. The molecule has 0 aliphatic heterocycles. The largest absolute Gasteiger partial charge is 0.497 e. The molecule has 3 N–H and O–H groups in total. The minimum absolute atomic E-state index is 0.00725. The van der Waals surface area contributed by atoms with Crippen molar-refractivity contribution in [2.45, 2.75) is 13.0 Å². The Kier molecular flexibility index (Phi) is 4.60. The van der Waals surface area contributed by atoms with E-state index < -0.39 is 0 Å². The molecule has 6 heteroatoms. The average molecular weight is 274 g/mol. The van der Waals surface area contributed by atoms with Crippen molar-refractivity contribution in [3.8, 4) is 11.5 Å².